The van der Waals surface area contributed by atoms with Crippen LogP contribution in [-0.4, -0.2) is 69.6 Å². The highest BCUT2D eigenvalue weighted by Crippen LogP contribution is 2.08. The van der Waals surface area contributed by atoms with Gasteiger partial charge in [0.25, 0.3) is 5.91 Å². The molecule has 0 atom stereocenters. The van der Waals surface area contributed by atoms with Crippen LogP contribution in [0.1, 0.15) is 18.9 Å². The first kappa shape index (κ1) is 20.7. The Bertz CT molecular complexity index is 586. The molecule has 3 N–H and O–H groups in total. The lowest BCUT2D eigenvalue weighted by Gasteiger charge is -2.30. The van der Waals surface area contributed by atoms with Crippen LogP contribution in [0.25, 0.3) is 0 Å². The number of hydrogen-bond donors (Lipinski definition) is 3. The van der Waals surface area contributed by atoms with Crippen LogP contribution in [0.2, 0.25) is 5.02 Å². The summed E-state index contributed by atoms with van der Waals surface area (Å²) in [4.78, 5) is 28.4. The molecular formula is C19H31ClN4O2+2. The van der Waals surface area contributed by atoms with Crippen LogP contribution < -0.4 is 15.1 Å². The number of amides is 2. The quantitative estimate of drug-likeness (QED) is 0.518. The van der Waals surface area contributed by atoms with Gasteiger partial charge in [-0.25, -0.2) is 0 Å². The van der Waals surface area contributed by atoms with E-state index in [1.165, 1.54) is 20.3 Å². The maximum Gasteiger partial charge on any atom is 0.277 e. The number of hydrogen-bond acceptors (Lipinski definition) is 2. The first-order valence-corrected chi connectivity index (χ1v) is 9.78. The van der Waals surface area contributed by atoms with Gasteiger partial charge < -0.3 is 20.0 Å². The van der Waals surface area contributed by atoms with E-state index in [1.807, 2.05) is 19.1 Å². The van der Waals surface area contributed by atoms with Gasteiger partial charge in [-0.1, -0.05) is 30.7 Å². The predicted octanol–water partition coefficient (Wildman–Crippen LogP) is -1.39. The van der Waals surface area contributed by atoms with Gasteiger partial charge >= 0.3 is 0 Å². The maximum absolute atomic E-state index is 12.3. The number of rotatable bonds is 8. The Morgan fingerprint density at radius 3 is 2.35 bits per heavy atom. The second kappa shape index (κ2) is 10.5. The second-order valence-corrected chi connectivity index (χ2v) is 7.52. The Balaban J connectivity index is 1.69. The Morgan fingerprint density at radius 2 is 1.73 bits per heavy atom. The highest BCUT2D eigenvalue weighted by Gasteiger charge is 2.26. The van der Waals surface area contributed by atoms with Gasteiger partial charge in [0.1, 0.15) is 32.7 Å². The first-order valence-electron chi connectivity index (χ1n) is 9.40. The van der Waals surface area contributed by atoms with Gasteiger partial charge in [0, 0.05) is 24.2 Å². The van der Waals surface area contributed by atoms with Crippen LogP contribution in [0.3, 0.4) is 0 Å². The standard InChI is InChI=1S/C19H29ClN4O2/c1-3-8-21-18(25)14-22(2)19(26)15-24-11-9-23(10-12-24)13-16-4-6-17(20)7-5-16/h4-7H,3,8-15H2,1-2H3,(H,21,25)/p+2. The van der Waals surface area contributed by atoms with Crippen molar-refractivity contribution in [3.8, 4) is 0 Å². The van der Waals surface area contributed by atoms with Crippen molar-refractivity contribution >= 4 is 23.4 Å². The summed E-state index contributed by atoms with van der Waals surface area (Å²) in [6, 6.07) is 8.03. The van der Waals surface area contributed by atoms with E-state index in [9.17, 15) is 9.59 Å². The lowest BCUT2D eigenvalue weighted by Crippen LogP contribution is -3.28. The molecule has 0 bridgehead atoms. The second-order valence-electron chi connectivity index (χ2n) is 7.08. The molecule has 2 rings (SSSR count). The van der Waals surface area contributed by atoms with E-state index >= 15 is 0 Å². The summed E-state index contributed by atoms with van der Waals surface area (Å²) in [5.41, 5.74) is 1.29. The molecule has 0 saturated carbocycles. The predicted molar refractivity (Wildman–Crippen MR) is 102 cm³/mol. The third-order valence-electron chi connectivity index (χ3n) is 4.81. The van der Waals surface area contributed by atoms with Crippen molar-refractivity contribution in [1.29, 1.82) is 0 Å². The van der Waals surface area contributed by atoms with Crippen molar-refractivity contribution < 1.29 is 19.4 Å². The van der Waals surface area contributed by atoms with Gasteiger partial charge in [-0.15, -0.1) is 0 Å². The van der Waals surface area contributed by atoms with Crippen molar-refractivity contribution in [3.63, 3.8) is 0 Å². The zero-order valence-electron chi connectivity index (χ0n) is 15.8. The fraction of sp³-hybridized carbons (Fsp3) is 0.579. The van der Waals surface area contributed by atoms with E-state index in [4.69, 9.17) is 11.6 Å². The van der Waals surface area contributed by atoms with Crippen LogP contribution in [0, 0.1) is 0 Å². The molecule has 0 unspecified atom stereocenters. The third-order valence-corrected chi connectivity index (χ3v) is 5.06. The number of benzene rings is 1. The zero-order chi connectivity index (χ0) is 18.9. The summed E-state index contributed by atoms with van der Waals surface area (Å²) in [5.74, 6) is -0.0530. The summed E-state index contributed by atoms with van der Waals surface area (Å²) in [5, 5.41) is 3.57. The molecule has 1 aromatic carbocycles. The van der Waals surface area contributed by atoms with Crippen molar-refractivity contribution in [2.45, 2.75) is 19.9 Å². The van der Waals surface area contributed by atoms with Gasteiger partial charge in [0.05, 0.1) is 6.54 Å². The van der Waals surface area contributed by atoms with E-state index < -0.39 is 0 Å². The summed E-state index contributed by atoms with van der Waals surface area (Å²) < 4.78 is 0. The normalized spacial score (nSPS) is 19.8. The minimum Gasteiger partial charge on any atom is -0.355 e. The van der Waals surface area contributed by atoms with Gasteiger partial charge in [-0.05, 0) is 18.6 Å². The SMILES string of the molecule is CCCNC(=O)CN(C)C(=O)C[NH+]1CC[NH+](Cc2ccc(Cl)cc2)CC1. The van der Waals surface area contributed by atoms with E-state index in [-0.39, 0.29) is 18.4 Å². The smallest absolute Gasteiger partial charge is 0.277 e. The number of nitrogens with one attached hydrogen (secondary N) is 3. The minimum atomic E-state index is -0.0880. The van der Waals surface area contributed by atoms with Crippen LogP contribution in [0.4, 0.5) is 0 Å². The molecule has 1 fully saturated rings. The number of piperazine rings is 1. The largest absolute Gasteiger partial charge is 0.355 e. The molecule has 1 aliphatic heterocycles. The fourth-order valence-electron chi connectivity index (χ4n) is 3.17. The van der Waals surface area contributed by atoms with Gasteiger partial charge in [-0.2, -0.15) is 0 Å². The minimum absolute atomic E-state index is 0.0350. The molecule has 2 amide bonds. The summed E-state index contributed by atoms with van der Waals surface area (Å²) >= 11 is 5.93. The van der Waals surface area contributed by atoms with Gasteiger partial charge in [-0.3, -0.25) is 9.59 Å². The van der Waals surface area contributed by atoms with E-state index in [2.05, 4.69) is 17.4 Å². The molecule has 0 aliphatic carbocycles. The molecule has 1 saturated heterocycles. The Hall–Kier alpha value is -1.63. The van der Waals surface area contributed by atoms with E-state index in [1.54, 1.807) is 7.05 Å². The number of nitrogens with zero attached hydrogens (tertiary/aromatic N) is 1. The molecular weight excluding hydrogens is 352 g/mol. The Kier molecular flexibility index (Phi) is 8.35. The number of carbonyl (C=O) groups is 2. The van der Waals surface area contributed by atoms with Crippen molar-refractivity contribution in [2.75, 3.05) is 52.9 Å². The number of halogens is 1. The first-order chi connectivity index (χ1) is 12.5. The fourth-order valence-corrected chi connectivity index (χ4v) is 3.30. The summed E-state index contributed by atoms with van der Waals surface area (Å²) in [7, 11) is 1.70. The molecule has 1 aliphatic rings. The Morgan fingerprint density at radius 1 is 1.12 bits per heavy atom. The van der Waals surface area contributed by atoms with Gasteiger partial charge in [0.2, 0.25) is 5.91 Å². The van der Waals surface area contributed by atoms with Crippen LogP contribution >= 0.6 is 11.6 Å². The monoisotopic (exact) mass is 382 g/mol. The van der Waals surface area contributed by atoms with Crippen molar-refractivity contribution in [3.05, 3.63) is 34.9 Å². The lowest BCUT2D eigenvalue weighted by molar-refractivity contribution is -1.02. The Labute approximate surface area is 161 Å². The van der Waals surface area contributed by atoms with E-state index in [0.717, 1.165) is 44.2 Å². The molecule has 0 aromatic heterocycles. The number of carbonyl (C=O) groups excluding carboxylic acids is 2. The molecule has 1 aromatic rings. The topological polar surface area (TPSA) is 58.3 Å². The average molecular weight is 383 g/mol. The zero-order valence-corrected chi connectivity index (χ0v) is 16.6. The van der Waals surface area contributed by atoms with Crippen LogP contribution in [-0.2, 0) is 16.1 Å². The van der Waals surface area contributed by atoms with E-state index in [0.29, 0.717) is 13.1 Å². The number of likely N-dealkylation sites (N-methyl/N-ethyl adjacent to an activating group) is 1. The van der Waals surface area contributed by atoms with Crippen LogP contribution in [0.15, 0.2) is 24.3 Å². The maximum atomic E-state index is 12.3. The molecule has 1 heterocycles. The highest BCUT2D eigenvalue weighted by atomic mass is 35.5. The summed E-state index contributed by atoms with van der Waals surface area (Å²) in [6.45, 7) is 8.31. The van der Waals surface area contributed by atoms with Crippen LogP contribution in [0.5, 0.6) is 0 Å². The molecule has 144 valence electrons. The molecule has 7 heteroatoms. The average Bonchev–Trinajstić information content (AvgIpc) is 2.63. The van der Waals surface area contributed by atoms with Gasteiger partial charge in [0.15, 0.2) is 6.54 Å². The highest BCUT2D eigenvalue weighted by molar-refractivity contribution is 6.30. The molecule has 6 nitrogen and oxygen atoms in total. The third kappa shape index (κ3) is 6.94. The van der Waals surface area contributed by atoms with Crippen molar-refractivity contribution in [2.24, 2.45) is 0 Å². The molecule has 0 radical (unpaired) electrons. The number of quaternary nitrogens is 2. The molecule has 0 spiro atoms. The molecule has 26 heavy (non-hydrogen) atoms. The lowest BCUT2D eigenvalue weighted by atomic mass is 10.2. The van der Waals surface area contributed by atoms with Crippen molar-refractivity contribution in [1.82, 2.24) is 10.2 Å². The summed E-state index contributed by atoms with van der Waals surface area (Å²) in [6.07, 6.45) is 0.899.